The SMILES string of the molecule is CCCNC(=NC)NCCc1c[nH]c2ccccc12. The van der Waals surface area contributed by atoms with Crippen molar-refractivity contribution in [3.63, 3.8) is 0 Å². The van der Waals surface area contributed by atoms with Gasteiger partial charge in [0.2, 0.25) is 0 Å². The number of fused-ring (bicyclic) bond motifs is 1. The highest BCUT2D eigenvalue weighted by Crippen LogP contribution is 2.17. The summed E-state index contributed by atoms with van der Waals surface area (Å²) in [4.78, 5) is 7.49. The fourth-order valence-electron chi connectivity index (χ4n) is 2.12. The Morgan fingerprint density at radius 2 is 2.00 bits per heavy atom. The molecular formula is C15H22N4. The number of hydrogen-bond acceptors (Lipinski definition) is 1. The summed E-state index contributed by atoms with van der Waals surface area (Å²) in [5.41, 5.74) is 2.54. The maximum Gasteiger partial charge on any atom is 0.190 e. The van der Waals surface area contributed by atoms with Crippen LogP contribution in [0.3, 0.4) is 0 Å². The summed E-state index contributed by atoms with van der Waals surface area (Å²) in [6, 6.07) is 8.39. The summed E-state index contributed by atoms with van der Waals surface area (Å²) in [6.45, 7) is 3.98. The average molecular weight is 258 g/mol. The lowest BCUT2D eigenvalue weighted by Crippen LogP contribution is -2.38. The van der Waals surface area contributed by atoms with Gasteiger partial charge in [0.15, 0.2) is 5.96 Å². The summed E-state index contributed by atoms with van der Waals surface area (Å²) < 4.78 is 0. The number of H-pyrrole nitrogens is 1. The molecule has 1 aromatic carbocycles. The van der Waals surface area contributed by atoms with Crippen molar-refractivity contribution < 1.29 is 0 Å². The van der Waals surface area contributed by atoms with Crippen molar-refractivity contribution in [2.75, 3.05) is 20.1 Å². The Morgan fingerprint density at radius 3 is 2.79 bits per heavy atom. The van der Waals surface area contributed by atoms with Crippen LogP contribution in [0.5, 0.6) is 0 Å². The number of nitrogens with one attached hydrogen (secondary N) is 3. The summed E-state index contributed by atoms with van der Waals surface area (Å²) in [7, 11) is 1.80. The number of para-hydroxylation sites is 1. The average Bonchev–Trinajstić information content (AvgIpc) is 2.86. The summed E-state index contributed by atoms with van der Waals surface area (Å²) in [6.07, 6.45) is 4.18. The molecule has 0 aliphatic carbocycles. The lowest BCUT2D eigenvalue weighted by atomic mass is 10.1. The molecule has 19 heavy (non-hydrogen) atoms. The van der Waals surface area contributed by atoms with Gasteiger partial charge in [0.1, 0.15) is 0 Å². The Labute approximate surface area is 114 Å². The normalized spacial score (nSPS) is 11.8. The molecule has 4 heteroatoms. The van der Waals surface area contributed by atoms with E-state index < -0.39 is 0 Å². The van der Waals surface area contributed by atoms with Crippen molar-refractivity contribution >= 4 is 16.9 Å². The monoisotopic (exact) mass is 258 g/mol. The van der Waals surface area contributed by atoms with Crippen molar-refractivity contribution in [2.24, 2.45) is 4.99 Å². The Hall–Kier alpha value is -1.97. The largest absolute Gasteiger partial charge is 0.361 e. The Bertz CT molecular complexity index is 542. The van der Waals surface area contributed by atoms with Gasteiger partial charge in [-0.2, -0.15) is 0 Å². The van der Waals surface area contributed by atoms with E-state index in [9.17, 15) is 0 Å². The van der Waals surface area contributed by atoms with Crippen LogP contribution in [0.1, 0.15) is 18.9 Å². The van der Waals surface area contributed by atoms with Crippen LogP contribution in [0, 0.1) is 0 Å². The van der Waals surface area contributed by atoms with Crippen LogP contribution in [0.15, 0.2) is 35.5 Å². The van der Waals surface area contributed by atoms with Gasteiger partial charge >= 0.3 is 0 Å². The number of aromatic amines is 1. The smallest absolute Gasteiger partial charge is 0.190 e. The van der Waals surface area contributed by atoms with Crippen LogP contribution >= 0.6 is 0 Å². The van der Waals surface area contributed by atoms with Crippen LogP contribution < -0.4 is 10.6 Å². The van der Waals surface area contributed by atoms with Gasteiger partial charge in [0.25, 0.3) is 0 Å². The zero-order valence-electron chi connectivity index (χ0n) is 11.7. The molecule has 0 aliphatic rings. The van der Waals surface area contributed by atoms with Gasteiger partial charge in [0.05, 0.1) is 0 Å². The van der Waals surface area contributed by atoms with Crippen molar-refractivity contribution in [1.82, 2.24) is 15.6 Å². The molecule has 0 atom stereocenters. The third kappa shape index (κ3) is 3.50. The second kappa shape index (κ2) is 6.83. The molecule has 4 nitrogen and oxygen atoms in total. The predicted molar refractivity (Wildman–Crippen MR) is 81.7 cm³/mol. The second-order valence-electron chi connectivity index (χ2n) is 4.54. The molecule has 0 amide bonds. The Balaban J connectivity index is 1.88. The predicted octanol–water partition coefficient (Wildman–Crippen LogP) is 2.29. The summed E-state index contributed by atoms with van der Waals surface area (Å²) in [5, 5.41) is 7.91. The molecule has 102 valence electrons. The van der Waals surface area contributed by atoms with E-state index in [-0.39, 0.29) is 0 Å². The van der Waals surface area contributed by atoms with Gasteiger partial charge in [-0.3, -0.25) is 4.99 Å². The third-order valence-electron chi connectivity index (χ3n) is 3.13. The first-order chi connectivity index (χ1) is 9.35. The number of hydrogen-bond donors (Lipinski definition) is 3. The minimum atomic E-state index is 0.877. The van der Waals surface area contributed by atoms with E-state index in [2.05, 4.69) is 58.0 Å². The van der Waals surface area contributed by atoms with Crippen LogP contribution in [0.4, 0.5) is 0 Å². The van der Waals surface area contributed by atoms with E-state index in [1.165, 1.54) is 16.5 Å². The van der Waals surface area contributed by atoms with Crippen molar-refractivity contribution in [3.05, 3.63) is 36.0 Å². The van der Waals surface area contributed by atoms with Gasteiger partial charge < -0.3 is 15.6 Å². The molecule has 1 aromatic heterocycles. The number of nitrogens with zero attached hydrogens (tertiary/aromatic N) is 1. The molecule has 2 aromatic rings. The fourth-order valence-corrected chi connectivity index (χ4v) is 2.12. The number of aliphatic imine (C=N–C) groups is 1. The highest BCUT2D eigenvalue weighted by atomic mass is 15.2. The quantitative estimate of drug-likeness (QED) is 0.569. The number of rotatable bonds is 5. The lowest BCUT2D eigenvalue weighted by Gasteiger charge is -2.10. The molecule has 2 rings (SSSR count). The van der Waals surface area contributed by atoms with Crippen LogP contribution in [-0.4, -0.2) is 31.1 Å². The molecule has 0 spiro atoms. The topological polar surface area (TPSA) is 52.2 Å². The van der Waals surface area contributed by atoms with Crippen LogP contribution in [0.25, 0.3) is 10.9 Å². The van der Waals surface area contributed by atoms with Crippen LogP contribution in [0.2, 0.25) is 0 Å². The lowest BCUT2D eigenvalue weighted by molar-refractivity contribution is 0.775. The fraction of sp³-hybridized carbons (Fsp3) is 0.400. The van der Waals surface area contributed by atoms with E-state index in [1.54, 1.807) is 7.05 Å². The van der Waals surface area contributed by atoms with Gasteiger partial charge in [-0.25, -0.2) is 0 Å². The minimum Gasteiger partial charge on any atom is -0.361 e. The van der Waals surface area contributed by atoms with Gasteiger partial charge in [-0.1, -0.05) is 25.1 Å². The van der Waals surface area contributed by atoms with Crippen molar-refractivity contribution in [3.8, 4) is 0 Å². The second-order valence-corrected chi connectivity index (χ2v) is 4.54. The summed E-state index contributed by atoms with van der Waals surface area (Å²) >= 11 is 0. The maximum atomic E-state index is 4.19. The maximum absolute atomic E-state index is 4.19. The third-order valence-corrected chi connectivity index (χ3v) is 3.13. The number of aromatic nitrogens is 1. The van der Waals surface area contributed by atoms with Crippen molar-refractivity contribution in [1.29, 1.82) is 0 Å². The Morgan fingerprint density at radius 1 is 1.21 bits per heavy atom. The zero-order valence-corrected chi connectivity index (χ0v) is 11.7. The van der Waals surface area contributed by atoms with E-state index in [4.69, 9.17) is 0 Å². The molecule has 1 heterocycles. The minimum absolute atomic E-state index is 0.877. The van der Waals surface area contributed by atoms with Gasteiger partial charge in [-0.15, -0.1) is 0 Å². The highest BCUT2D eigenvalue weighted by molar-refractivity contribution is 5.83. The molecule has 0 bridgehead atoms. The van der Waals surface area contributed by atoms with E-state index in [1.807, 2.05) is 0 Å². The molecule has 0 saturated heterocycles. The standard InChI is InChI=1S/C15H22N4/c1-3-9-17-15(16-2)18-10-8-12-11-19-14-7-5-4-6-13(12)14/h4-7,11,19H,3,8-10H2,1-2H3,(H2,16,17,18). The Kier molecular flexibility index (Phi) is 4.84. The molecule has 0 fully saturated rings. The molecule has 0 aliphatic heterocycles. The molecule has 0 radical (unpaired) electrons. The first-order valence-electron chi connectivity index (χ1n) is 6.84. The molecule has 0 saturated carbocycles. The van der Waals surface area contributed by atoms with Gasteiger partial charge in [0, 0.05) is 37.2 Å². The van der Waals surface area contributed by atoms with E-state index >= 15 is 0 Å². The van der Waals surface area contributed by atoms with E-state index in [0.29, 0.717) is 0 Å². The highest BCUT2D eigenvalue weighted by Gasteiger charge is 2.03. The number of guanidine groups is 1. The summed E-state index contributed by atoms with van der Waals surface area (Å²) in [5.74, 6) is 0.877. The van der Waals surface area contributed by atoms with Crippen molar-refractivity contribution in [2.45, 2.75) is 19.8 Å². The van der Waals surface area contributed by atoms with E-state index in [0.717, 1.165) is 31.9 Å². The first kappa shape index (κ1) is 13.5. The van der Waals surface area contributed by atoms with Gasteiger partial charge in [-0.05, 0) is 24.5 Å². The van der Waals surface area contributed by atoms with Crippen LogP contribution in [-0.2, 0) is 6.42 Å². The molecule has 3 N–H and O–H groups in total. The first-order valence-corrected chi connectivity index (χ1v) is 6.84. The molecular weight excluding hydrogens is 236 g/mol. The number of benzene rings is 1. The molecule has 0 unspecified atom stereocenters. The zero-order chi connectivity index (χ0) is 13.5.